The molecule has 0 atom stereocenters. The zero-order valence-electron chi connectivity index (χ0n) is 7.94. The molecule has 0 unspecified atom stereocenters. The van der Waals surface area contributed by atoms with Crippen LogP contribution in [0.4, 0.5) is 5.69 Å². The number of nitro groups is 1. The SMILES string of the molecule is O=Cc1cc(C#CCBr)cc([N+](=O)[O-])c1O. The minimum absolute atomic E-state index is 0.145. The molecule has 0 aliphatic rings. The molecule has 0 amide bonds. The van der Waals surface area contributed by atoms with Crippen LogP contribution in [0.15, 0.2) is 12.1 Å². The Morgan fingerprint density at radius 1 is 1.56 bits per heavy atom. The number of phenols is 1. The summed E-state index contributed by atoms with van der Waals surface area (Å²) >= 11 is 3.08. The molecule has 0 aliphatic carbocycles. The molecular formula is C10H6BrNO4. The number of hydrogen-bond acceptors (Lipinski definition) is 4. The van der Waals surface area contributed by atoms with Crippen molar-refractivity contribution >= 4 is 27.9 Å². The second kappa shape index (κ2) is 5.28. The maximum Gasteiger partial charge on any atom is 0.312 e. The second-order valence-electron chi connectivity index (χ2n) is 2.74. The van der Waals surface area contributed by atoms with Crippen molar-refractivity contribution in [2.75, 3.05) is 5.33 Å². The Morgan fingerprint density at radius 2 is 2.25 bits per heavy atom. The average Bonchev–Trinajstić information content (AvgIpc) is 2.27. The van der Waals surface area contributed by atoms with E-state index in [0.29, 0.717) is 17.2 Å². The number of phenolic OH excluding ortho intramolecular Hbond substituents is 1. The smallest absolute Gasteiger partial charge is 0.312 e. The maximum absolute atomic E-state index is 10.6. The lowest BCUT2D eigenvalue weighted by atomic mass is 10.1. The highest BCUT2D eigenvalue weighted by atomic mass is 79.9. The summed E-state index contributed by atoms with van der Waals surface area (Å²) in [4.78, 5) is 20.4. The number of carbonyl (C=O) groups is 1. The van der Waals surface area contributed by atoms with Gasteiger partial charge in [-0.25, -0.2) is 0 Å². The molecule has 1 rings (SSSR count). The molecule has 5 nitrogen and oxygen atoms in total. The first kappa shape index (κ1) is 12.2. The van der Waals surface area contributed by atoms with Crippen LogP contribution in [0.25, 0.3) is 0 Å². The highest BCUT2D eigenvalue weighted by Crippen LogP contribution is 2.29. The summed E-state index contributed by atoms with van der Waals surface area (Å²) in [6.45, 7) is 0. The first-order chi connectivity index (χ1) is 7.60. The molecule has 0 saturated heterocycles. The van der Waals surface area contributed by atoms with Gasteiger partial charge in [0.15, 0.2) is 6.29 Å². The van der Waals surface area contributed by atoms with Crippen LogP contribution in [0.2, 0.25) is 0 Å². The molecule has 0 spiro atoms. The van der Waals surface area contributed by atoms with E-state index >= 15 is 0 Å². The van der Waals surface area contributed by atoms with E-state index in [9.17, 15) is 20.0 Å². The molecule has 0 bridgehead atoms. The van der Waals surface area contributed by atoms with Crippen LogP contribution in [0.5, 0.6) is 5.75 Å². The van der Waals surface area contributed by atoms with Gasteiger partial charge in [-0.1, -0.05) is 27.8 Å². The predicted molar refractivity (Wildman–Crippen MR) is 60.8 cm³/mol. The van der Waals surface area contributed by atoms with Crippen LogP contribution in [0, 0.1) is 22.0 Å². The van der Waals surface area contributed by atoms with Gasteiger partial charge in [0.05, 0.1) is 15.8 Å². The first-order valence-corrected chi connectivity index (χ1v) is 5.23. The second-order valence-corrected chi connectivity index (χ2v) is 3.30. The van der Waals surface area contributed by atoms with Crippen LogP contribution in [0.3, 0.4) is 0 Å². The largest absolute Gasteiger partial charge is 0.502 e. The van der Waals surface area contributed by atoms with Crippen LogP contribution < -0.4 is 0 Å². The fraction of sp³-hybridized carbons (Fsp3) is 0.100. The topological polar surface area (TPSA) is 80.4 Å². The van der Waals surface area contributed by atoms with Crippen molar-refractivity contribution in [3.05, 3.63) is 33.4 Å². The summed E-state index contributed by atoms with van der Waals surface area (Å²) in [6, 6.07) is 2.42. The zero-order chi connectivity index (χ0) is 12.1. The van der Waals surface area contributed by atoms with Gasteiger partial charge in [-0.05, 0) is 6.07 Å². The van der Waals surface area contributed by atoms with Crippen LogP contribution >= 0.6 is 15.9 Å². The Bertz CT molecular complexity index is 502. The van der Waals surface area contributed by atoms with Crippen molar-refractivity contribution < 1.29 is 14.8 Å². The number of nitrogens with zero attached hydrogens (tertiary/aromatic N) is 1. The van der Waals surface area contributed by atoms with E-state index in [1.165, 1.54) is 6.07 Å². The highest BCUT2D eigenvalue weighted by molar-refractivity contribution is 9.09. The molecule has 1 aromatic carbocycles. The van der Waals surface area contributed by atoms with Gasteiger partial charge in [0.2, 0.25) is 5.75 Å². The van der Waals surface area contributed by atoms with E-state index in [1.54, 1.807) is 0 Å². The average molecular weight is 284 g/mol. The predicted octanol–water partition coefficient (Wildman–Crippen LogP) is 1.86. The number of hydrogen-bond donors (Lipinski definition) is 1. The van der Waals surface area contributed by atoms with Crippen LogP contribution in [-0.4, -0.2) is 21.6 Å². The van der Waals surface area contributed by atoms with E-state index in [0.717, 1.165) is 6.07 Å². The summed E-state index contributed by atoms with van der Waals surface area (Å²) in [5.74, 6) is 4.63. The van der Waals surface area contributed by atoms with Crippen molar-refractivity contribution in [1.29, 1.82) is 0 Å². The fourth-order valence-corrected chi connectivity index (χ4v) is 1.22. The van der Waals surface area contributed by atoms with E-state index < -0.39 is 16.4 Å². The third-order valence-electron chi connectivity index (χ3n) is 1.74. The van der Waals surface area contributed by atoms with Crippen LogP contribution in [0.1, 0.15) is 15.9 Å². The number of halogens is 1. The molecule has 1 aromatic rings. The number of carbonyl (C=O) groups excluding carboxylic acids is 1. The van der Waals surface area contributed by atoms with Gasteiger partial charge >= 0.3 is 5.69 Å². The summed E-state index contributed by atoms with van der Waals surface area (Å²) in [5.41, 5.74) is -0.359. The summed E-state index contributed by atoms with van der Waals surface area (Å²) in [6.07, 6.45) is 0.349. The normalized spacial score (nSPS) is 9.06. The maximum atomic E-state index is 10.6. The molecule has 1 N–H and O–H groups in total. The summed E-state index contributed by atoms with van der Waals surface area (Å²) < 4.78 is 0. The van der Waals surface area contributed by atoms with Crippen molar-refractivity contribution in [3.8, 4) is 17.6 Å². The third-order valence-corrected chi connectivity index (χ3v) is 2.02. The first-order valence-electron chi connectivity index (χ1n) is 4.11. The van der Waals surface area contributed by atoms with Gasteiger partial charge in [-0.2, -0.15) is 0 Å². The van der Waals surface area contributed by atoms with Gasteiger partial charge in [0.25, 0.3) is 0 Å². The van der Waals surface area contributed by atoms with E-state index in [-0.39, 0.29) is 5.56 Å². The van der Waals surface area contributed by atoms with Gasteiger partial charge < -0.3 is 5.11 Å². The number of aromatic hydroxyl groups is 1. The van der Waals surface area contributed by atoms with Gasteiger partial charge in [-0.15, -0.1) is 0 Å². The lowest BCUT2D eigenvalue weighted by molar-refractivity contribution is -0.385. The molecular weight excluding hydrogens is 278 g/mol. The van der Waals surface area contributed by atoms with Gasteiger partial charge in [0, 0.05) is 11.6 Å². The molecule has 6 heteroatoms. The minimum atomic E-state index is -0.762. The summed E-state index contributed by atoms with van der Waals surface area (Å²) in [5, 5.41) is 20.4. The van der Waals surface area contributed by atoms with Crippen molar-refractivity contribution in [2.24, 2.45) is 0 Å². The van der Waals surface area contributed by atoms with Crippen molar-refractivity contribution in [3.63, 3.8) is 0 Å². The molecule has 82 valence electrons. The molecule has 0 saturated carbocycles. The Balaban J connectivity index is 3.39. The van der Waals surface area contributed by atoms with E-state index in [2.05, 4.69) is 27.8 Å². The molecule has 0 aliphatic heterocycles. The lowest BCUT2D eigenvalue weighted by Gasteiger charge is -1.99. The lowest BCUT2D eigenvalue weighted by Crippen LogP contribution is -1.93. The quantitative estimate of drug-likeness (QED) is 0.295. The standard InChI is InChI=1S/C10H6BrNO4/c11-3-1-2-7-4-8(6-13)10(14)9(5-7)12(15)16/h4-6,14H,3H2. The fourth-order valence-electron chi connectivity index (χ4n) is 1.08. The number of nitro benzene ring substituents is 1. The number of alkyl halides is 1. The monoisotopic (exact) mass is 283 g/mol. The van der Waals surface area contributed by atoms with Gasteiger partial charge in [-0.3, -0.25) is 14.9 Å². The highest BCUT2D eigenvalue weighted by Gasteiger charge is 2.18. The Morgan fingerprint density at radius 3 is 2.75 bits per heavy atom. The minimum Gasteiger partial charge on any atom is -0.502 e. The van der Waals surface area contributed by atoms with Gasteiger partial charge in [0.1, 0.15) is 0 Å². The molecule has 0 aromatic heterocycles. The Kier molecular flexibility index (Phi) is 4.03. The third kappa shape index (κ3) is 2.58. The molecule has 0 radical (unpaired) electrons. The van der Waals surface area contributed by atoms with Crippen molar-refractivity contribution in [2.45, 2.75) is 0 Å². The van der Waals surface area contributed by atoms with Crippen LogP contribution in [-0.2, 0) is 0 Å². The zero-order valence-corrected chi connectivity index (χ0v) is 9.52. The number of rotatable bonds is 2. The van der Waals surface area contributed by atoms with E-state index in [4.69, 9.17) is 0 Å². The number of aldehydes is 1. The Hall–Kier alpha value is -1.87. The number of benzene rings is 1. The molecule has 0 fully saturated rings. The molecule has 16 heavy (non-hydrogen) atoms. The Labute approximate surface area is 99.4 Å². The molecule has 0 heterocycles. The van der Waals surface area contributed by atoms with Crippen molar-refractivity contribution in [1.82, 2.24) is 0 Å². The summed E-state index contributed by atoms with van der Waals surface area (Å²) in [7, 11) is 0. The van der Waals surface area contributed by atoms with E-state index in [1.807, 2.05) is 0 Å².